The number of Topliss-reactive ketones (excluding diaryl/α,β-unsaturated/α-hetero) is 3. The van der Waals surface area contributed by atoms with Crippen molar-refractivity contribution in [3.05, 3.63) is 51.5 Å². The smallest absolute Gasteiger partial charge is 0.209 e. The van der Waals surface area contributed by atoms with Gasteiger partial charge >= 0.3 is 0 Å². The van der Waals surface area contributed by atoms with Gasteiger partial charge in [0.05, 0.1) is 11.6 Å². The first kappa shape index (κ1) is 22.8. The van der Waals surface area contributed by atoms with E-state index < -0.39 is 57.9 Å². The predicted octanol–water partition coefficient (Wildman–Crippen LogP) is 1.39. The standard InChI is InChI=1S/C25H28N2O7/c1-10(28)17-22(31)20(26)14-8-13-7-12-6-11(15-4-3-5-27(15)2)9-16(29)18(12)21(30)19(13)24(33)25(14,34)23(17)32/h6,9,13-15,20,29,31,33-34H,3-5,7-8,26H2,1-2H3/t13-,14-,15?,20-,25+/m0/s1. The Balaban J connectivity index is 1.63. The van der Waals surface area contributed by atoms with Crippen molar-refractivity contribution in [2.45, 2.75) is 50.3 Å². The Morgan fingerprint density at radius 3 is 2.53 bits per heavy atom. The number of aromatic hydroxyl groups is 1. The summed E-state index contributed by atoms with van der Waals surface area (Å²) in [5.74, 6) is -6.01. The highest BCUT2D eigenvalue weighted by Gasteiger charge is 2.62. The van der Waals surface area contributed by atoms with Crippen molar-refractivity contribution in [3.8, 4) is 5.75 Å². The second kappa shape index (κ2) is 7.49. The Labute approximate surface area is 196 Å². The number of aliphatic hydroxyl groups is 3. The zero-order valence-electron chi connectivity index (χ0n) is 19.0. The summed E-state index contributed by atoms with van der Waals surface area (Å²) in [4.78, 5) is 40.8. The van der Waals surface area contributed by atoms with Crippen LogP contribution in [-0.2, 0) is 16.0 Å². The quantitative estimate of drug-likeness (QED) is 0.404. The summed E-state index contributed by atoms with van der Waals surface area (Å²) in [5.41, 5.74) is 4.28. The fourth-order valence-corrected chi connectivity index (χ4v) is 6.39. The van der Waals surface area contributed by atoms with Crippen LogP contribution in [0.2, 0.25) is 0 Å². The van der Waals surface area contributed by atoms with Crippen molar-refractivity contribution in [1.82, 2.24) is 4.90 Å². The normalized spacial score (nSPS) is 33.6. The van der Waals surface area contributed by atoms with Crippen molar-refractivity contribution in [2.24, 2.45) is 17.6 Å². The Morgan fingerprint density at radius 1 is 1.21 bits per heavy atom. The molecule has 9 nitrogen and oxygen atoms in total. The molecular weight excluding hydrogens is 440 g/mol. The summed E-state index contributed by atoms with van der Waals surface area (Å²) >= 11 is 0. The molecule has 0 amide bonds. The summed E-state index contributed by atoms with van der Waals surface area (Å²) in [6.07, 6.45) is 2.30. The van der Waals surface area contributed by atoms with Crippen LogP contribution in [0.3, 0.4) is 0 Å². The minimum atomic E-state index is -2.60. The number of hydrogen-bond acceptors (Lipinski definition) is 9. The monoisotopic (exact) mass is 468 g/mol. The molecule has 5 atom stereocenters. The highest BCUT2D eigenvalue weighted by molar-refractivity contribution is 6.25. The summed E-state index contributed by atoms with van der Waals surface area (Å²) in [6.45, 7) is 1.99. The van der Waals surface area contributed by atoms with E-state index in [0.29, 0.717) is 5.56 Å². The molecule has 1 heterocycles. The fraction of sp³-hybridized carbons (Fsp3) is 0.480. The number of nitrogens with zero attached hydrogens (tertiary/aromatic N) is 1. The average molecular weight is 469 g/mol. The SMILES string of the molecule is CC(=O)C1=C(O)[C@@H](N)[C@@H]2C[C@@H]3Cc4cc(C5CCCN5C)cc(O)c4C(=O)C3=C(O)[C@]2(O)C1=O. The molecule has 0 saturated carbocycles. The molecule has 0 radical (unpaired) electrons. The van der Waals surface area contributed by atoms with Gasteiger partial charge in [0.25, 0.3) is 0 Å². The van der Waals surface area contributed by atoms with E-state index >= 15 is 0 Å². The largest absolute Gasteiger partial charge is 0.510 e. The summed E-state index contributed by atoms with van der Waals surface area (Å²) < 4.78 is 0. The molecule has 0 aromatic heterocycles. The van der Waals surface area contributed by atoms with Gasteiger partial charge < -0.3 is 26.2 Å². The molecule has 0 spiro atoms. The number of allylic oxidation sites excluding steroid dienone is 1. The first-order chi connectivity index (χ1) is 16.0. The van der Waals surface area contributed by atoms with E-state index in [1.165, 1.54) is 0 Å². The van der Waals surface area contributed by atoms with Gasteiger partial charge in [-0.1, -0.05) is 6.07 Å². The van der Waals surface area contributed by atoms with E-state index in [2.05, 4.69) is 4.90 Å². The number of nitrogens with two attached hydrogens (primary N) is 1. The van der Waals surface area contributed by atoms with Gasteiger partial charge in [-0.25, -0.2) is 0 Å². The van der Waals surface area contributed by atoms with Crippen LogP contribution >= 0.6 is 0 Å². The molecule has 0 bridgehead atoms. The number of benzene rings is 1. The maximum absolute atomic E-state index is 13.5. The minimum Gasteiger partial charge on any atom is -0.510 e. The zero-order chi connectivity index (χ0) is 24.7. The number of phenolic OH excluding ortho intramolecular Hbond substituents is 1. The fourth-order valence-electron chi connectivity index (χ4n) is 6.39. The van der Waals surface area contributed by atoms with Gasteiger partial charge in [0.2, 0.25) is 5.78 Å². The van der Waals surface area contributed by atoms with Gasteiger partial charge in [0.1, 0.15) is 22.8 Å². The molecule has 1 unspecified atom stereocenters. The number of carbonyl (C=O) groups is 3. The molecule has 5 rings (SSSR count). The summed E-state index contributed by atoms with van der Waals surface area (Å²) in [5, 5.41) is 43.7. The summed E-state index contributed by atoms with van der Waals surface area (Å²) in [6, 6.07) is 2.33. The molecule has 1 aromatic carbocycles. The number of likely N-dealkylation sites (tertiary alicyclic amines) is 1. The Hall–Kier alpha value is -3.01. The molecule has 34 heavy (non-hydrogen) atoms. The van der Waals surface area contributed by atoms with Crippen molar-refractivity contribution in [1.29, 1.82) is 0 Å². The molecule has 6 N–H and O–H groups in total. The Kier molecular flexibility index (Phi) is 5.02. The van der Waals surface area contributed by atoms with Crippen LogP contribution in [0.1, 0.15) is 53.7 Å². The van der Waals surface area contributed by atoms with E-state index in [9.17, 15) is 34.8 Å². The van der Waals surface area contributed by atoms with E-state index in [0.717, 1.165) is 31.9 Å². The lowest BCUT2D eigenvalue weighted by Gasteiger charge is -2.47. The first-order valence-corrected chi connectivity index (χ1v) is 11.5. The molecule has 4 aliphatic rings. The molecule has 9 heteroatoms. The topological polar surface area (TPSA) is 161 Å². The van der Waals surface area contributed by atoms with Gasteiger partial charge in [-0.3, -0.25) is 19.3 Å². The third-order valence-electron chi connectivity index (χ3n) is 8.09. The lowest BCUT2D eigenvalue weighted by Crippen LogP contribution is -2.62. The number of carbonyl (C=O) groups excluding carboxylic acids is 3. The zero-order valence-corrected chi connectivity index (χ0v) is 19.0. The van der Waals surface area contributed by atoms with Crippen LogP contribution in [0.15, 0.2) is 34.8 Å². The van der Waals surface area contributed by atoms with E-state index in [1.807, 2.05) is 13.1 Å². The first-order valence-electron chi connectivity index (χ1n) is 11.5. The average Bonchev–Trinajstić information content (AvgIpc) is 3.19. The van der Waals surface area contributed by atoms with Gasteiger partial charge in [-0.15, -0.1) is 0 Å². The van der Waals surface area contributed by atoms with Gasteiger partial charge in [-0.05, 0) is 69.3 Å². The molecule has 3 aliphatic carbocycles. The third kappa shape index (κ3) is 2.87. The van der Waals surface area contributed by atoms with Crippen LogP contribution in [0.25, 0.3) is 0 Å². The lowest BCUT2D eigenvalue weighted by molar-refractivity contribution is -0.145. The highest BCUT2D eigenvalue weighted by atomic mass is 16.3. The molecule has 1 aliphatic heterocycles. The van der Waals surface area contributed by atoms with Crippen LogP contribution in [0.4, 0.5) is 0 Å². The molecule has 1 fully saturated rings. The van der Waals surface area contributed by atoms with Crippen LogP contribution < -0.4 is 5.73 Å². The predicted molar refractivity (Wildman–Crippen MR) is 120 cm³/mol. The molecular formula is C25H28N2O7. The maximum Gasteiger partial charge on any atom is 0.209 e. The van der Waals surface area contributed by atoms with E-state index in [4.69, 9.17) is 5.73 Å². The Bertz CT molecular complexity index is 1220. The number of hydrogen-bond donors (Lipinski definition) is 5. The highest BCUT2D eigenvalue weighted by Crippen LogP contribution is 2.51. The van der Waals surface area contributed by atoms with Gasteiger partial charge in [0.15, 0.2) is 17.2 Å². The number of aliphatic hydroxyl groups excluding tert-OH is 2. The van der Waals surface area contributed by atoms with Crippen molar-refractivity contribution in [3.63, 3.8) is 0 Å². The summed E-state index contributed by atoms with van der Waals surface area (Å²) in [7, 11) is 2.01. The number of fused-ring (bicyclic) bond motifs is 3. The molecule has 1 aromatic rings. The van der Waals surface area contributed by atoms with Gasteiger partial charge in [-0.2, -0.15) is 0 Å². The van der Waals surface area contributed by atoms with E-state index in [-0.39, 0.29) is 35.8 Å². The molecule has 1 saturated heterocycles. The third-order valence-corrected chi connectivity index (χ3v) is 8.09. The van der Waals surface area contributed by atoms with Crippen molar-refractivity contribution < 1.29 is 34.8 Å². The van der Waals surface area contributed by atoms with Crippen LogP contribution in [-0.4, -0.2) is 67.9 Å². The second-order valence-corrected chi connectivity index (χ2v) is 9.99. The number of ketones is 3. The second-order valence-electron chi connectivity index (χ2n) is 9.99. The number of phenols is 1. The molecule has 180 valence electrons. The van der Waals surface area contributed by atoms with Crippen LogP contribution in [0.5, 0.6) is 5.75 Å². The number of rotatable bonds is 2. The Morgan fingerprint density at radius 2 is 1.91 bits per heavy atom. The van der Waals surface area contributed by atoms with Crippen molar-refractivity contribution >= 4 is 17.3 Å². The van der Waals surface area contributed by atoms with Crippen molar-refractivity contribution in [2.75, 3.05) is 13.6 Å². The lowest BCUT2D eigenvalue weighted by atomic mass is 9.58. The van der Waals surface area contributed by atoms with E-state index in [1.54, 1.807) is 6.07 Å². The van der Waals surface area contributed by atoms with Gasteiger partial charge in [0, 0.05) is 17.5 Å². The minimum absolute atomic E-state index is 0.0392. The van der Waals surface area contributed by atoms with Crippen LogP contribution in [0, 0.1) is 11.8 Å². The maximum atomic E-state index is 13.5.